The summed E-state index contributed by atoms with van der Waals surface area (Å²) in [6, 6.07) is 1.30. The van der Waals surface area contributed by atoms with Gasteiger partial charge in [-0.25, -0.2) is 4.79 Å². The molecule has 0 radical (unpaired) electrons. The third-order valence-electron chi connectivity index (χ3n) is 3.39. The Morgan fingerprint density at radius 1 is 1.35 bits per heavy atom. The summed E-state index contributed by atoms with van der Waals surface area (Å²) in [4.78, 5) is 23.3. The van der Waals surface area contributed by atoms with E-state index in [0.717, 1.165) is 12.8 Å². The monoisotopic (exact) mass is 295 g/mol. The molecule has 2 aromatic rings. The van der Waals surface area contributed by atoms with Crippen LogP contribution in [0.25, 0.3) is 10.9 Å². The number of rotatable bonds is 2. The van der Waals surface area contributed by atoms with Gasteiger partial charge in [0.2, 0.25) is 5.43 Å². The molecule has 3 rings (SSSR count). The van der Waals surface area contributed by atoms with Crippen LogP contribution in [0.2, 0.25) is 5.02 Å². The molecule has 7 heteroatoms. The van der Waals surface area contributed by atoms with Crippen molar-refractivity contribution in [3.05, 3.63) is 33.1 Å². The first-order valence-corrected chi connectivity index (χ1v) is 6.32. The Kier molecular flexibility index (Phi) is 2.65. The van der Waals surface area contributed by atoms with Crippen LogP contribution in [0.1, 0.15) is 29.2 Å². The summed E-state index contributed by atoms with van der Waals surface area (Å²) >= 11 is 5.89. The number of carboxylic acids is 1. The van der Waals surface area contributed by atoms with Gasteiger partial charge in [-0.3, -0.25) is 4.79 Å². The van der Waals surface area contributed by atoms with Crippen LogP contribution in [-0.4, -0.2) is 25.9 Å². The summed E-state index contributed by atoms with van der Waals surface area (Å²) in [6.07, 6.45) is 2.98. The molecule has 6 nitrogen and oxygen atoms in total. The molecule has 1 fully saturated rings. The number of hydrogen-bond acceptors (Lipinski definition) is 4. The second kappa shape index (κ2) is 4.14. The number of carboxylic acid groups (broad SMARTS) is 1. The number of phenolic OH excluding ortho intramolecular Hbond substituents is 2. The van der Waals surface area contributed by atoms with E-state index in [9.17, 15) is 19.8 Å². The Balaban J connectivity index is 2.52. The summed E-state index contributed by atoms with van der Waals surface area (Å²) in [5, 5.41) is 27.9. The average molecular weight is 296 g/mol. The predicted molar refractivity (Wildman–Crippen MR) is 71.8 cm³/mol. The number of hydrogen-bond donors (Lipinski definition) is 3. The van der Waals surface area contributed by atoms with Crippen molar-refractivity contribution >= 4 is 28.5 Å². The number of pyridine rings is 1. The Morgan fingerprint density at radius 2 is 2.00 bits per heavy atom. The van der Waals surface area contributed by atoms with Crippen LogP contribution < -0.4 is 5.43 Å². The SMILES string of the molecule is O=C(O)c1cn(C2CC2)c2cc(O)c(O)c(Cl)c2c1=O. The minimum atomic E-state index is -1.35. The highest BCUT2D eigenvalue weighted by atomic mass is 35.5. The number of aromatic nitrogens is 1. The van der Waals surface area contributed by atoms with E-state index in [0.29, 0.717) is 5.52 Å². The van der Waals surface area contributed by atoms with E-state index in [1.165, 1.54) is 12.3 Å². The maximum atomic E-state index is 12.2. The van der Waals surface area contributed by atoms with Gasteiger partial charge in [0.25, 0.3) is 0 Å². The van der Waals surface area contributed by atoms with Gasteiger partial charge in [0.15, 0.2) is 11.5 Å². The van der Waals surface area contributed by atoms with Gasteiger partial charge in [-0.2, -0.15) is 0 Å². The van der Waals surface area contributed by atoms with Gasteiger partial charge in [0.05, 0.1) is 15.9 Å². The third kappa shape index (κ3) is 1.72. The lowest BCUT2D eigenvalue weighted by Gasteiger charge is -2.13. The maximum Gasteiger partial charge on any atom is 0.341 e. The zero-order chi connectivity index (χ0) is 14.6. The molecule has 1 aliphatic rings. The molecule has 20 heavy (non-hydrogen) atoms. The van der Waals surface area contributed by atoms with Crippen LogP contribution in [0.5, 0.6) is 11.5 Å². The Bertz CT molecular complexity index is 807. The molecule has 104 valence electrons. The number of benzene rings is 1. The molecule has 1 aromatic carbocycles. The lowest BCUT2D eigenvalue weighted by Crippen LogP contribution is -2.19. The molecule has 1 saturated carbocycles. The second-order valence-corrected chi connectivity index (χ2v) is 5.15. The highest BCUT2D eigenvalue weighted by molar-refractivity contribution is 6.37. The first kappa shape index (κ1) is 12.8. The van der Waals surface area contributed by atoms with Crippen LogP contribution in [0.4, 0.5) is 0 Å². The van der Waals surface area contributed by atoms with E-state index >= 15 is 0 Å². The molecule has 0 unspecified atom stereocenters. The van der Waals surface area contributed by atoms with E-state index in [-0.39, 0.29) is 16.5 Å². The zero-order valence-corrected chi connectivity index (χ0v) is 10.9. The first-order valence-electron chi connectivity index (χ1n) is 5.94. The normalized spacial score (nSPS) is 14.7. The van der Waals surface area contributed by atoms with Crippen LogP contribution in [0.3, 0.4) is 0 Å². The molecule has 0 spiro atoms. The Morgan fingerprint density at radius 3 is 2.55 bits per heavy atom. The summed E-state index contributed by atoms with van der Waals surface area (Å²) in [5.74, 6) is -2.42. The lowest BCUT2D eigenvalue weighted by atomic mass is 10.1. The van der Waals surface area contributed by atoms with Crippen LogP contribution >= 0.6 is 11.6 Å². The minimum absolute atomic E-state index is 0.0798. The van der Waals surface area contributed by atoms with Crippen molar-refractivity contribution in [2.75, 3.05) is 0 Å². The van der Waals surface area contributed by atoms with Crippen molar-refractivity contribution < 1.29 is 20.1 Å². The second-order valence-electron chi connectivity index (χ2n) is 4.77. The van der Waals surface area contributed by atoms with Crippen molar-refractivity contribution in [2.24, 2.45) is 0 Å². The predicted octanol–water partition coefficient (Wildman–Crippen LogP) is 2.10. The van der Waals surface area contributed by atoms with E-state index in [2.05, 4.69) is 0 Å². The maximum absolute atomic E-state index is 12.2. The summed E-state index contributed by atoms with van der Waals surface area (Å²) in [7, 11) is 0. The van der Waals surface area contributed by atoms with E-state index in [4.69, 9.17) is 16.7 Å². The zero-order valence-electron chi connectivity index (χ0n) is 10.1. The number of fused-ring (bicyclic) bond motifs is 1. The van der Waals surface area contributed by atoms with Crippen molar-refractivity contribution in [1.82, 2.24) is 4.57 Å². The van der Waals surface area contributed by atoms with Gasteiger partial charge in [0, 0.05) is 18.3 Å². The summed E-state index contributed by atoms with van der Waals surface area (Å²) in [6.45, 7) is 0. The molecule has 0 amide bonds. The third-order valence-corrected chi connectivity index (χ3v) is 3.76. The van der Waals surface area contributed by atoms with Gasteiger partial charge >= 0.3 is 5.97 Å². The van der Waals surface area contributed by atoms with Gasteiger partial charge in [-0.05, 0) is 12.8 Å². The molecule has 0 bridgehead atoms. The summed E-state index contributed by atoms with van der Waals surface area (Å²) in [5.41, 5.74) is -0.858. The van der Waals surface area contributed by atoms with Crippen molar-refractivity contribution in [1.29, 1.82) is 0 Å². The van der Waals surface area contributed by atoms with Crippen molar-refractivity contribution in [2.45, 2.75) is 18.9 Å². The molecular formula is C13H10ClNO5. The fraction of sp³-hybridized carbons (Fsp3) is 0.231. The quantitative estimate of drug-likeness (QED) is 0.737. The number of halogens is 1. The number of aromatic hydroxyl groups is 2. The highest BCUT2D eigenvalue weighted by Crippen LogP contribution is 2.42. The van der Waals surface area contributed by atoms with Crippen molar-refractivity contribution in [3.63, 3.8) is 0 Å². The Labute approximate surface area is 117 Å². The molecule has 3 N–H and O–H groups in total. The standard InChI is InChI=1S/C13H10ClNO5/c14-10-9-7(3-8(16)12(10)18)15(5-1-2-5)4-6(11(9)17)13(19)20/h3-5,16,18H,1-2H2,(H,19,20). The smallest absolute Gasteiger partial charge is 0.341 e. The first-order chi connectivity index (χ1) is 9.41. The largest absolute Gasteiger partial charge is 0.504 e. The minimum Gasteiger partial charge on any atom is -0.504 e. The van der Waals surface area contributed by atoms with E-state index < -0.39 is 28.5 Å². The Hall–Kier alpha value is -2.21. The average Bonchev–Trinajstić information content (AvgIpc) is 3.20. The van der Waals surface area contributed by atoms with Crippen LogP contribution in [0, 0.1) is 0 Å². The molecule has 0 aliphatic heterocycles. The van der Waals surface area contributed by atoms with Gasteiger partial charge in [-0.1, -0.05) is 11.6 Å². The number of phenols is 2. The van der Waals surface area contributed by atoms with Gasteiger partial charge in [-0.15, -0.1) is 0 Å². The molecule has 1 aromatic heterocycles. The fourth-order valence-corrected chi connectivity index (χ4v) is 2.52. The topological polar surface area (TPSA) is 99.8 Å². The molecule has 0 saturated heterocycles. The number of aromatic carboxylic acids is 1. The molecule has 0 atom stereocenters. The number of nitrogens with zero attached hydrogens (tertiary/aromatic N) is 1. The fourth-order valence-electron chi connectivity index (χ4n) is 2.24. The van der Waals surface area contributed by atoms with Gasteiger partial charge < -0.3 is 19.9 Å². The van der Waals surface area contributed by atoms with E-state index in [1.54, 1.807) is 4.57 Å². The van der Waals surface area contributed by atoms with E-state index in [1.807, 2.05) is 0 Å². The van der Waals surface area contributed by atoms with Crippen LogP contribution in [-0.2, 0) is 0 Å². The number of carbonyl (C=O) groups is 1. The molecule has 1 aliphatic carbocycles. The van der Waals surface area contributed by atoms with Gasteiger partial charge in [0.1, 0.15) is 5.56 Å². The highest BCUT2D eigenvalue weighted by Gasteiger charge is 2.28. The van der Waals surface area contributed by atoms with Crippen LogP contribution in [0.15, 0.2) is 17.1 Å². The summed E-state index contributed by atoms with van der Waals surface area (Å²) < 4.78 is 1.62. The van der Waals surface area contributed by atoms with Crippen molar-refractivity contribution in [3.8, 4) is 11.5 Å². The lowest BCUT2D eigenvalue weighted by molar-refractivity contribution is 0.0695. The molecular weight excluding hydrogens is 286 g/mol. The molecule has 1 heterocycles.